The first-order chi connectivity index (χ1) is 8.68. The van der Waals surface area contributed by atoms with Crippen LogP contribution in [-0.4, -0.2) is 27.2 Å². The van der Waals surface area contributed by atoms with Gasteiger partial charge in [-0.25, -0.2) is 4.68 Å². The molecule has 0 saturated heterocycles. The molecule has 100 valence electrons. The lowest BCUT2D eigenvalue weighted by molar-refractivity contribution is -0.126. The Morgan fingerprint density at radius 3 is 2.61 bits per heavy atom. The number of rotatable bonds is 3. The Labute approximate surface area is 107 Å². The van der Waals surface area contributed by atoms with Crippen LogP contribution < -0.4 is 11.1 Å². The minimum Gasteiger partial charge on any atom is -0.329 e. The van der Waals surface area contributed by atoms with E-state index in [-0.39, 0.29) is 5.91 Å². The van der Waals surface area contributed by atoms with Crippen LogP contribution in [0.1, 0.15) is 38.5 Å². The van der Waals surface area contributed by atoms with Gasteiger partial charge in [0.2, 0.25) is 11.9 Å². The summed E-state index contributed by atoms with van der Waals surface area (Å²) >= 11 is 0. The molecule has 6 heteroatoms. The molecule has 1 aliphatic rings. The maximum atomic E-state index is 12.5. The number of nitrogens with zero attached hydrogens (tertiary/aromatic N) is 3. The molecule has 6 nitrogen and oxygen atoms in total. The summed E-state index contributed by atoms with van der Waals surface area (Å²) in [4.78, 5) is 16.5. The lowest BCUT2D eigenvalue weighted by atomic mass is 9.79. The summed E-state index contributed by atoms with van der Waals surface area (Å²) in [7, 11) is 1.75. The molecule has 0 atom stereocenters. The van der Waals surface area contributed by atoms with E-state index in [1.165, 1.54) is 19.2 Å². The summed E-state index contributed by atoms with van der Waals surface area (Å²) in [6.07, 6.45) is 7.70. The molecule has 1 heterocycles. The van der Waals surface area contributed by atoms with Gasteiger partial charge in [0.25, 0.3) is 0 Å². The smallest absolute Gasteiger partial charge is 0.234 e. The topological polar surface area (TPSA) is 85.8 Å². The van der Waals surface area contributed by atoms with Crippen molar-refractivity contribution in [3.8, 4) is 0 Å². The van der Waals surface area contributed by atoms with E-state index in [2.05, 4.69) is 15.4 Å². The van der Waals surface area contributed by atoms with Crippen molar-refractivity contribution in [2.75, 3.05) is 11.9 Å². The highest BCUT2D eigenvalue weighted by Crippen LogP contribution is 2.35. The van der Waals surface area contributed by atoms with Crippen molar-refractivity contribution in [1.29, 1.82) is 0 Å². The number of nitrogens with two attached hydrogens (primary N) is 1. The van der Waals surface area contributed by atoms with E-state index in [4.69, 9.17) is 5.73 Å². The molecule has 0 bridgehead atoms. The summed E-state index contributed by atoms with van der Waals surface area (Å²) < 4.78 is 1.55. The van der Waals surface area contributed by atoms with Crippen LogP contribution in [0.2, 0.25) is 0 Å². The van der Waals surface area contributed by atoms with Gasteiger partial charge in [-0.05, 0) is 12.8 Å². The van der Waals surface area contributed by atoms with Crippen molar-refractivity contribution in [3.63, 3.8) is 0 Å². The molecular formula is C12H21N5O. The zero-order valence-corrected chi connectivity index (χ0v) is 10.9. The standard InChI is InChI=1S/C12H21N5O/c1-17-11(14-9-15-17)16-10(18)12(8-13)6-4-2-3-5-7-12/h9H,2-8,13H2,1H3,(H,14,15,16,18). The van der Waals surface area contributed by atoms with Gasteiger partial charge in [0.15, 0.2) is 0 Å². The largest absolute Gasteiger partial charge is 0.329 e. The molecule has 1 aliphatic carbocycles. The van der Waals surface area contributed by atoms with E-state index in [9.17, 15) is 4.79 Å². The molecule has 0 spiro atoms. The Kier molecular flexibility index (Phi) is 3.96. The number of carbonyl (C=O) groups is 1. The third-order valence-corrected chi connectivity index (χ3v) is 3.87. The summed E-state index contributed by atoms with van der Waals surface area (Å²) in [5.41, 5.74) is 5.44. The maximum absolute atomic E-state index is 12.5. The SMILES string of the molecule is Cn1ncnc1NC(=O)C1(CN)CCCCCC1. The third kappa shape index (κ3) is 2.53. The molecule has 1 saturated carbocycles. The van der Waals surface area contributed by atoms with E-state index in [0.717, 1.165) is 25.7 Å². The van der Waals surface area contributed by atoms with Crippen LogP contribution in [0.5, 0.6) is 0 Å². The lowest BCUT2D eigenvalue weighted by Gasteiger charge is -2.29. The zero-order chi connectivity index (χ0) is 13.0. The van der Waals surface area contributed by atoms with E-state index in [1.807, 2.05) is 0 Å². The summed E-state index contributed by atoms with van der Waals surface area (Å²) in [5.74, 6) is 0.472. The Hall–Kier alpha value is -1.43. The molecule has 0 unspecified atom stereocenters. The van der Waals surface area contributed by atoms with Gasteiger partial charge in [0.1, 0.15) is 6.33 Å². The predicted octanol–water partition coefficient (Wildman–Crippen LogP) is 1.05. The van der Waals surface area contributed by atoms with Crippen molar-refractivity contribution >= 4 is 11.9 Å². The highest BCUT2D eigenvalue weighted by Gasteiger charge is 2.37. The quantitative estimate of drug-likeness (QED) is 0.786. The molecule has 1 aromatic rings. The first kappa shape index (κ1) is 13.0. The molecule has 0 aliphatic heterocycles. The maximum Gasteiger partial charge on any atom is 0.234 e. The van der Waals surface area contributed by atoms with Crippen LogP contribution in [0.25, 0.3) is 0 Å². The van der Waals surface area contributed by atoms with Crippen LogP contribution in [0.3, 0.4) is 0 Å². The van der Waals surface area contributed by atoms with Gasteiger partial charge in [-0.3, -0.25) is 10.1 Å². The predicted molar refractivity (Wildman–Crippen MR) is 68.8 cm³/mol. The second-order valence-electron chi connectivity index (χ2n) is 5.06. The van der Waals surface area contributed by atoms with Crippen LogP contribution >= 0.6 is 0 Å². The minimum atomic E-state index is -0.428. The minimum absolute atomic E-state index is 0.0111. The fourth-order valence-corrected chi connectivity index (χ4v) is 2.57. The monoisotopic (exact) mass is 251 g/mol. The summed E-state index contributed by atoms with van der Waals surface area (Å²) in [5, 5.41) is 6.79. The van der Waals surface area contributed by atoms with Crippen LogP contribution in [0.15, 0.2) is 6.33 Å². The summed E-state index contributed by atoms with van der Waals surface area (Å²) in [6.45, 7) is 0.399. The number of aromatic nitrogens is 3. The molecule has 3 N–H and O–H groups in total. The number of hydrogen-bond acceptors (Lipinski definition) is 4. The molecule has 1 amide bonds. The fourth-order valence-electron chi connectivity index (χ4n) is 2.57. The third-order valence-electron chi connectivity index (χ3n) is 3.87. The molecule has 18 heavy (non-hydrogen) atoms. The van der Waals surface area contributed by atoms with Gasteiger partial charge in [0, 0.05) is 13.6 Å². The molecule has 2 rings (SSSR count). The Balaban J connectivity index is 2.11. The molecular weight excluding hydrogens is 230 g/mol. The van der Waals surface area contributed by atoms with Gasteiger partial charge in [-0.1, -0.05) is 25.7 Å². The van der Waals surface area contributed by atoms with Gasteiger partial charge in [-0.15, -0.1) is 0 Å². The Morgan fingerprint density at radius 1 is 1.44 bits per heavy atom. The molecule has 1 aromatic heterocycles. The Bertz CT molecular complexity index is 406. The van der Waals surface area contributed by atoms with Crippen LogP contribution in [0.4, 0.5) is 5.95 Å². The van der Waals surface area contributed by atoms with E-state index >= 15 is 0 Å². The van der Waals surface area contributed by atoms with Crippen molar-refractivity contribution in [2.24, 2.45) is 18.2 Å². The first-order valence-corrected chi connectivity index (χ1v) is 6.53. The van der Waals surface area contributed by atoms with Crippen molar-refractivity contribution in [1.82, 2.24) is 14.8 Å². The molecule has 1 fully saturated rings. The highest BCUT2D eigenvalue weighted by molar-refractivity contribution is 5.94. The van der Waals surface area contributed by atoms with Crippen molar-refractivity contribution in [3.05, 3.63) is 6.33 Å². The number of anilines is 1. The lowest BCUT2D eigenvalue weighted by Crippen LogP contribution is -2.42. The second-order valence-corrected chi connectivity index (χ2v) is 5.06. The number of aryl methyl sites for hydroxylation is 1. The van der Waals surface area contributed by atoms with Gasteiger partial charge >= 0.3 is 0 Å². The summed E-state index contributed by atoms with van der Waals surface area (Å²) in [6, 6.07) is 0. The highest BCUT2D eigenvalue weighted by atomic mass is 16.2. The first-order valence-electron chi connectivity index (χ1n) is 6.53. The number of amides is 1. The normalized spacial score (nSPS) is 19.2. The fraction of sp³-hybridized carbons (Fsp3) is 0.750. The van der Waals surface area contributed by atoms with E-state index in [1.54, 1.807) is 11.7 Å². The Morgan fingerprint density at radius 2 is 2.11 bits per heavy atom. The van der Waals surface area contributed by atoms with Gasteiger partial charge in [0.05, 0.1) is 5.41 Å². The van der Waals surface area contributed by atoms with E-state index < -0.39 is 5.41 Å². The number of carbonyl (C=O) groups excluding carboxylic acids is 1. The van der Waals surface area contributed by atoms with Crippen LogP contribution in [0, 0.1) is 5.41 Å². The van der Waals surface area contributed by atoms with Gasteiger partial charge < -0.3 is 5.73 Å². The van der Waals surface area contributed by atoms with Crippen molar-refractivity contribution in [2.45, 2.75) is 38.5 Å². The zero-order valence-electron chi connectivity index (χ0n) is 10.9. The van der Waals surface area contributed by atoms with Crippen molar-refractivity contribution < 1.29 is 4.79 Å². The average molecular weight is 251 g/mol. The molecule has 0 aromatic carbocycles. The second kappa shape index (κ2) is 5.48. The average Bonchev–Trinajstić information content (AvgIpc) is 2.66. The molecule has 0 radical (unpaired) electrons. The van der Waals surface area contributed by atoms with E-state index in [0.29, 0.717) is 12.5 Å². The van der Waals surface area contributed by atoms with Crippen LogP contribution in [-0.2, 0) is 11.8 Å². The number of hydrogen-bond donors (Lipinski definition) is 2. The van der Waals surface area contributed by atoms with Gasteiger partial charge in [-0.2, -0.15) is 10.1 Å². The number of nitrogens with one attached hydrogen (secondary N) is 1.